The molecule has 0 radical (unpaired) electrons. The molecule has 1 amide bonds. The first-order valence-electron chi connectivity index (χ1n) is 11.1. The van der Waals surface area contributed by atoms with Crippen LogP contribution in [-0.4, -0.2) is 77.5 Å². The Labute approximate surface area is 196 Å². The highest BCUT2D eigenvalue weighted by Gasteiger charge is 2.50. The van der Waals surface area contributed by atoms with Gasteiger partial charge in [0.15, 0.2) is 11.5 Å². The molecule has 3 heterocycles. The first kappa shape index (κ1) is 23.4. The van der Waals surface area contributed by atoms with Crippen molar-refractivity contribution in [3.8, 4) is 11.5 Å². The van der Waals surface area contributed by atoms with Crippen LogP contribution in [0.25, 0.3) is 0 Å². The largest absolute Gasteiger partial charge is 0.486 e. The van der Waals surface area contributed by atoms with Crippen LogP contribution in [0.5, 0.6) is 11.5 Å². The molecule has 2 saturated heterocycles. The second kappa shape index (κ2) is 10.0. The van der Waals surface area contributed by atoms with E-state index in [9.17, 15) is 4.79 Å². The molecule has 0 saturated carbocycles. The van der Waals surface area contributed by atoms with E-state index < -0.39 is 17.5 Å². The zero-order valence-electron chi connectivity index (χ0n) is 18.6. The topological polar surface area (TPSA) is 129 Å². The van der Waals surface area contributed by atoms with E-state index in [1.165, 1.54) is 0 Å². The summed E-state index contributed by atoms with van der Waals surface area (Å²) in [5.74, 6) is -1.86. The molecule has 2 aromatic rings. The fourth-order valence-corrected chi connectivity index (χ4v) is 4.58. The van der Waals surface area contributed by atoms with Crippen molar-refractivity contribution in [2.45, 2.75) is 24.5 Å². The second-order valence-electron chi connectivity index (χ2n) is 8.37. The SMILES string of the molecule is O=C(O)C(=O)O.O=C1NCN(c2ccccc2)C12CCN(CC1COc3ccccc3O1)CC2. The average Bonchev–Trinajstić information content (AvgIpc) is 3.16. The van der Waals surface area contributed by atoms with Gasteiger partial charge < -0.3 is 29.9 Å². The van der Waals surface area contributed by atoms with Crippen LogP contribution < -0.4 is 19.7 Å². The first-order chi connectivity index (χ1) is 16.4. The number of para-hydroxylation sites is 3. The van der Waals surface area contributed by atoms with Crippen molar-refractivity contribution in [3.63, 3.8) is 0 Å². The summed E-state index contributed by atoms with van der Waals surface area (Å²) in [5.41, 5.74) is 0.670. The minimum Gasteiger partial charge on any atom is -0.486 e. The first-order valence-corrected chi connectivity index (χ1v) is 11.1. The van der Waals surface area contributed by atoms with Gasteiger partial charge in [0.2, 0.25) is 5.91 Å². The highest BCUT2D eigenvalue weighted by molar-refractivity contribution is 6.27. The number of carboxylic acid groups (broad SMARTS) is 2. The van der Waals surface area contributed by atoms with Crippen molar-refractivity contribution >= 4 is 23.5 Å². The Morgan fingerprint density at radius 3 is 2.24 bits per heavy atom. The van der Waals surface area contributed by atoms with E-state index in [4.69, 9.17) is 29.3 Å². The number of nitrogens with one attached hydrogen (secondary N) is 1. The third kappa shape index (κ3) is 4.91. The standard InChI is InChI=1S/C22H25N3O3.C2H2O4/c26-21-22(25(16-23-21)17-6-2-1-3-7-17)10-12-24(13-11-22)14-18-15-27-19-8-4-5-9-20(19)28-18;3-1(4)2(5)6/h1-9,18H,10-16H2,(H,23,26);(H,3,4)(H,5,6). The molecule has 34 heavy (non-hydrogen) atoms. The van der Waals surface area contributed by atoms with Crippen LogP contribution in [0.4, 0.5) is 5.69 Å². The Balaban J connectivity index is 0.000000408. The van der Waals surface area contributed by atoms with E-state index in [1.807, 2.05) is 42.5 Å². The predicted octanol–water partition coefficient (Wildman–Crippen LogP) is 1.41. The monoisotopic (exact) mass is 469 g/mol. The van der Waals surface area contributed by atoms with E-state index in [2.05, 4.69) is 27.2 Å². The number of anilines is 1. The molecule has 5 rings (SSSR count). The third-order valence-corrected chi connectivity index (χ3v) is 6.30. The van der Waals surface area contributed by atoms with Gasteiger partial charge in [0.1, 0.15) is 18.2 Å². The lowest BCUT2D eigenvalue weighted by atomic mass is 9.85. The smallest absolute Gasteiger partial charge is 0.414 e. The van der Waals surface area contributed by atoms with Gasteiger partial charge in [0.25, 0.3) is 0 Å². The summed E-state index contributed by atoms with van der Waals surface area (Å²) in [6.07, 6.45) is 1.65. The number of benzene rings is 2. The zero-order valence-corrected chi connectivity index (χ0v) is 18.6. The molecule has 1 unspecified atom stereocenters. The quantitative estimate of drug-likeness (QED) is 0.572. The summed E-state index contributed by atoms with van der Waals surface area (Å²) in [6.45, 7) is 3.71. The van der Waals surface area contributed by atoms with Gasteiger partial charge in [-0.3, -0.25) is 9.69 Å². The maximum Gasteiger partial charge on any atom is 0.414 e. The Morgan fingerprint density at radius 1 is 0.971 bits per heavy atom. The number of carbonyl (C=O) groups is 3. The van der Waals surface area contributed by atoms with Gasteiger partial charge in [-0.05, 0) is 37.1 Å². The maximum absolute atomic E-state index is 12.8. The van der Waals surface area contributed by atoms with Gasteiger partial charge >= 0.3 is 11.9 Å². The van der Waals surface area contributed by atoms with E-state index in [0.29, 0.717) is 13.3 Å². The van der Waals surface area contributed by atoms with Crippen LogP contribution in [0, 0.1) is 0 Å². The number of rotatable bonds is 3. The molecule has 0 aliphatic carbocycles. The lowest BCUT2D eigenvalue weighted by Gasteiger charge is -2.44. The minimum absolute atomic E-state index is 0.0200. The van der Waals surface area contributed by atoms with Crippen molar-refractivity contribution in [1.29, 1.82) is 0 Å². The molecule has 0 bridgehead atoms. The molecule has 3 aliphatic rings. The van der Waals surface area contributed by atoms with E-state index >= 15 is 0 Å². The predicted molar refractivity (Wildman–Crippen MR) is 122 cm³/mol. The highest BCUT2D eigenvalue weighted by atomic mass is 16.6. The van der Waals surface area contributed by atoms with Crippen molar-refractivity contribution in [3.05, 3.63) is 54.6 Å². The van der Waals surface area contributed by atoms with Crippen molar-refractivity contribution in [2.75, 3.05) is 37.8 Å². The number of carbonyl (C=O) groups excluding carboxylic acids is 1. The van der Waals surface area contributed by atoms with Gasteiger partial charge in [-0.25, -0.2) is 9.59 Å². The van der Waals surface area contributed by atoms with Gasteiger partial charge in [0, 0.05) is 25.3 Å². The highest BCUT2D eigenvalue weighted by Crippen LogP contribution is 2.37. The number of hydrogen-bond acceptors (Lipinski definition) is 7. The number of piperidine rings is 1. The molecule has 180 valence electrons. The molecule has 1 spiro atoms. The fourth-order valence-electron chi connectivity index (χ4n) is 4.58. The molecule has 3 aliphatic heterocycles. The van der Waals surface area contributed by atoms with Crippen LogP contribution in [-0.2, 0) is 14.4 Å². The minimum atomic E-state index is -1.82. The van der Waals surface area contributed by atoms with E-state index in [0.717, 1.165) is 49.7 Å². The number of hydrogen-bond donors (Lipinski definition) is 3. The van der Waals surface area contributed by atoms with Crippen LogP contribution in [0.15, 0.2) is 54.6 Å². The van der Waals surface area contributed by atoms with Crippen LogP contribution in [0.3, 0.4) is 0 Å². The van der Waals surface area contributed by atoms with Gasteiger partial charge in [-0.15, -0.1) is 0 Å². The van der Waals surface area contributed by atoms with Crippen molar-refractivity contribution < 1.29 is 34.1 Å². The summed E-state index contributed by atoms with van der Waals surface area (Å²) in [4.78, 5) is 35.6. The number of nitrogens with zero attached hydrogens (tertiary/aromatic N) is 2. The Kier molecular flexibility index (Phi) is 6.87. The number of fused-ring (bicyclic) bond motifs is 1. The number of amides is 1. The molecular weight excluding hydrogens is 442 g/mol. The number of likely N-dealkylation sites (tertiary alicyclic amines) is 1. The van der Waals surface area contributed by atoms with Crippen LogP contribution in [0.2, 0.25) is 0 Å². The average molecular weight is 469 g/mol. The third-order valence-electron chi connectivity index (χ3n) is 6.30. The normalized spacial score (nSPS) is 20.8. The zero-order chi connectivity index (χ0) is 24.1. The Morgan fingerprint density at radius 2 is 1.59 bits per heavy atom. The summed E-state index contributed by atoms with van der Waals surface area (Å²) < 4.78 is 11.9. The molecule has 1 atom stereocenters. The molecule has 3 N–H and O–H groups in total. The lowest BCUT2D eigenvalue weighted by molar-refractivity contribution is -0.159. The fraction of sp³-hybridized carbons (Fsp3) is 0.375. The van der Waals surface area contributed by atoms with Gasteiger partial charge in [-0.1, -0.05) is 30.3 Å². The number of aliphatic carboxylic acids is 2. The van der Waals surface area contributed by atoms with E-state index in [1.54, 1.807) is 0 Å². The van der Waals surface area contributed by atoms with Crippen molar-refractivity contribution in [2.24, 2.45) is 0 Å². The Hall–Kier alpha value is -3.79. The molecule has 10 nitrogen and oxygen atoms in total. The summed E-state index contributed by atoms with van der Waals surface area (Å²) in [5, 5.41) is 17.8. The molecule has 0 aromatic heterocycles. The molecular formula is C24H27N3O7. The van der Waals surface area contributed by atoms with Gasteiger partial charge in [0.05, 0.1) is 6.67 Å². The number of carboxylic acids is 2. The molecule has 2 fully saturated rings. The maximum atomic E-state index is 12.8. The van der Waals surface area contributed by atoms with Gasteiger partial charge in [-0.2, -0.15) is 0 Å². The molecule has 2 aromatic carbocycles. The van der Waals surface area contributed by atoms with E-state index in [-0.39, 0.29) is 12.0 Å². The second-order valence-corrected chi connectivity index (χ2v) is 8.37. The Bertz CT molecular complexity index is 1030. The molecule has 10 heteroatoms. The summed E-state index contributed by atoms with van der Waals surface area (Å²) >= 11 is 0. The van der Waals surface area contributed by atoms with Crippen molar-refractivity contribution in [1.82, 2.24) is 10.2 Å². The lowest BCUT2D eigenvalue weighted by Crippen LogP contribution is -2.57. The van der Waals surface area contributed by atoms with Crippen LogP contribution in [0.1, 0.15) is 12.8 Å². The number of ether oxygens (including phenoxy) is 2. The summed E-state index contributed by atoms with van der Waals surface area (Å²) in [6, 6.07) is 18.0. The van der Waals surface area contributed by atoms with Crippen LogP contribution >= 0.6 is 0 Å². The summed E-state index contributed by atoms with van der Waals surface area (Å²) in [7, 11) is 0.